The Bertz CT molecular complexity index is 747. The van der Waals surface area contributed by atoms with E-state index >= 15 is 0 Å². The molecule has 0 bridgehead atoms. The van der Waals surface area contributed by atoms with Crippen LogP contribution in [0.2, 0.25) is 5.02 Å². The minimum absolute atomic E-state index is 0. The summed E-state index contributed by atoms with van der Waals surface area (Å²) >= 11 is 5.95. The van der Waals surface area contributed by atoms with Gasteiger partial charge >= 0.3 is 0 Å². The van der Waals surface area contributed by atoms with Crippen molar-refractivity contribution >= 4 is 53.7 Å². The molecule has 148 valence electrons. The first-order chi connectivity index (χ1) is 12.0. The fraction of sp³-hybridized carbons (Fsp3) is 0.316. The van der Waals surface area contributed by atoms with Gasteiger partial charge in [-0.25, -0.2) is 4.39 Å². The van der Waals surface area contributed by atoms with Crippen LogP contribution in [0.3, 0.4) is 0 Å². The quantitative estimate of drug-likeness (QED) is 0.705. The predicted molar refractivity (Wildman–Crippen MR) is 114 cm³/mol. The third kappa shape index (κ3) is 6.25. The zero-order valence-corrected chi connectivity index (χ0v) is 17.3. The van der Waals surface area contributed by atoms with Crippen molar-refractivity contribution in [3.63, 3.8) is 0 Å². The largest absolute Gasteiger partial charge is 0.382 e. The van der Waals surface area contributed by atoms with Crippen LogP contribution >= 0.6 is 36.4 Å². The van der Waals surface area contributed by atoms with Crippen molar-refractivity contribution < 1.29 is 9.18 Å². The molecule has 1 aliphatic rings. The Morgan fingerprint density at radius 2 is 1.74 bits per heavy atom. The van der Waals surface area contributed by atoms with Crippen LogP contribution < -0.4 is 10.6 Å². The van der Waals surface area contributed by atoms with Crippen LogP contribution in [0.5, 0.6) is 0 Å². The van der Waals surface area contributed by atoms with Crippen molar-refractivity contribution in [3.05, 3.63) is 58.9 Å². The number of rotatable bonds is 4. The van der Waals surface area contributed by atoms with Gasteiger partial charge in [0, 0.05) is 17.4 Å². The highest BCUT2D eigenvalue weighted by Gasteiger charge is 2.18. The van der Waals surface area contributed by atoms with Crippen LogP contribution in [-0.4, -0.2) is 37.0 Å². The molecule has 0 aromatic heterocycles. The molecule has 0 saturated carbocycles. The first-order valence-electron chi connectivity index (χ1n) is 8.33. The van der Waals surface area contributed by atoms with E-state index in [1.807, 2.05) is 18.2 Å². The highest BCUT2D eigenvalue weighted by molar-refractivity contribution is 6.34. The van der Waals surface area contributed by atoms with Gasteiger partial charge in [0.15, 0.2) is 0 Å². The summed E-state index contributed by atoms with van der Waals surface area (Å²) < 4.78 is 13.9. The van der Waals surface area contributed by atoms with Crippen LogP contribution in [0.1, 0.15) is 23.2 Å². The van der Waals surface area contributed by atoms with Crippen molar-refractivity contribution in [1.82, 2.24) is 4.90 Å². The van der Waals surface area contributed by atoms with Crippen LogP contribution in [-0.2, 0) is 0 Å². The third-order valence-corrected chi connectivity index (χ3v) is 4.71. The molecule has 3 rings (SSSR count). The van der Waals surface area contributed by atoms with Gasteiger partial charge in [-0.3, -0.25) is 4.79 Å². The van der Waals surface area contributed by atoms with Crippen LogP contribution in [0, 0.1) is 5.82 Å². The number of piperidine rings is 1. The van der Waals surface area contributed by atoms with Crippen LogP contribution in [0.4, 0.5) is 15.8 Å². The van der Waals surface area contributed by atoms with Crippen LogP contribution in [0.25, 0.3) is 0 Å². The van der Waals surface area contributed by atoms with Gasteiger partial charge < -0.3 is 15.5 Å². The molecule has 0 unspecified atom stereocenters. The summed E-state index contributed by atoms with van der Waals surface area (Å²) in [5, 5.41) is 6.31. The number of anilines is 2. The van der Waals surface area contributed by atoms with Crippen molar-refractivity contribution in [1.29, 1.82) is 0 Å². The summed E-state index contributed by atoms with van der Waals surface area (Å²) in [6.07, 6.45) is 2.16. The van der Waals surface area contributed by atoms with E-state index in [9.17, 15) is 9.18 Å². The molecular formula is C19H23Cl3FN3O. The van der Waals surface area contributed by atoms with Gasteiger partial charge in [0.2, 0.25) is 0 Å². The van der Waals surface area contributed by atoms with E-state index in [0.29, 0.717) is 11.7 Å². The normalized spacial score (nSPS) is 14.6. The molecular weight excluding hydrogens is 412 g/mol. The number of nitrogens with one attached hydrogen (secondary N) is 2. The molecule has 1 fully saturated rings. The van der Waals surface area contributed by atoms with Gasteiger partial charge in [0.25, 0.3) is 5.91 Å². The smallest absolute Gasteiger partial charge is 0.260 e. The SMILES string of the molecule is CN1CCC(Nc2cccc(NC(=O)c3c(F)cccc3Cl)c2)CC1.Cl.Cl. The second kappa shape index (κ2) is 10.7. The molecule has 2 aromatic rings. The molecule has 8 heteroatoms. The van der Waals surface area contributed by atoms with Gasteiger partial charge in [0.1, 0.15) is 5.82 Å². The summed E-state index contributed by atoms with van der Waals surface area (Å²) in [6.45, 7) is 2.14. The molecule has 1 heterocycles. The molecule has 4 nitrogen and oxygen atoms in total. The summed E-state index contributed by atoms with van der Waals surface area (Å²) in [5.74, 6) is -1.19. The lowest BCUT2D eigenvalue weighted by atomic mass is 10.1. The minimum atomic E-state index is -0.634. The molecule has 1 aliphatic heterocycles. The number of hydrogen-bond donors (Lipinski definition) is 2. The van der Waals surface area contributed by atoms with Crippen molar-refractivity contribution in [3.8, 4) is 0 Å². The average molecular weight is 435 g/mol. The lowest BCUT2D eigenvalue weighted by molar-refractivity contribution is 0.102. The fourth-order valence-electron chi connectivity index (χ4n) is 2.98. The van der Waals surface area contributed by atoms with E-state index in [4.69, 9.17) is 11.6 Å². The van der Waals surface area contributed by atoms with E-state index < -0.39 is 11.7 Å². The topological polar surface area (TPSA) is 44.4 Å². The molecule has 27 heavy (non-hydrogen) atoms. The molecule has 0 atom stereocenters. The van der Waals surface area contributed by atoms with E-state index in [2.05, 4.69) is 22.6 Å². The monoisotopic (exact) mass is 433 g/mol. The fourth-order valence-corrected chi connectivity index (χ4v) is 3.23. The molecule has 0 radical (unpaired) electrons. The maximum atomic E-state index is 13.9. The lowest BCUT2D eigenvalue weighted by Crippen LogP contribution is -2.36. The highest BCUT2D eigenvalue weighted by Crippen LogP contribution is 2.23. The van der Waals surface area contributed by atoms with Gasteiger partial charge in [-0.1, -0.05) is 23.7 Å². The Morgan fingerprint density at radius 3 is 2.41 bits per heavy atom. The third-order valence-electron chi connectivity index (χ3n) is 4.40. The number of carbonyl (C=O) groups excluding carboxylic acids is 1. The Hall–Kier alpha value is -1.53. The maximum absolute atomic E-state index is 13.9. The van der Waals surface area contributed by atoms with E-state index in [1.54, 1.807) is 6.07 Å². The van der Waals surface area contributed by atoms with Crippen molar-refractivity contribution in [2.75, 3.05) is 30.8 Å². The average Bonchev–Trinajstić information content (AvgIpc) is 2.57. The zero-order chi connectivity index (χ0) is 17.8. The molecule has 1 saturated heterocycles. The number of nitrogens with zero attached hydrogens (tertiary/aromatic N) is 1. The second-order valence-corrected chi connectivity index (χ2v) is 6.76. The standard InChI is InChI=1S/C19H21ClFN3O.2ClH/c1-24-10-8-13(9-11-24)22-14-4-2-5-15(12-14)23-19(25)18-16(20)6-3-7-17(18)21;;/h2-7,12-13,22H,8-11H2,1H3,(H,23,25);2*1H. The molecule has 2 aromatic carbocycles. The number of carbonyl (C=O) groups is 1. The van der Waals surface area contributed by atoms with Gasteiger partial charge in [-0.15, -0.1) is 24.8 Å². The van der Waals surface area contributed by atoms with E-state index in [-0.39, 0.29) is 35.4 Å². The first-order valence-corrected chi connectivity index (χ1v) is 8.71. The Balaban J connectivity index is 0.00000182. The first kappa shape index (κ1) is 23.5. The second-order valence-electron chi connectivity index (χ2n) is 6.35. The van der Waals surface area contributed by atoms with Gasteiger partial charge in [0.05, 0.1) is 10.6 Å². The zero-order valence-electron chi connectivity index (χ0n) is 14.9. The maximum Gasteiger partial charge on any atom is 0.260 e. The Morgan fingerprint density at radius 1 is 1.11 bits per heavy atom. The number of halogens is 4. The molecule has 1 amide bonds. The molecule has 0 aliphatic carbocycles. The lowest BCUT2D eigenvalue weighted by Gasteiger charge is -2.30. The summed E-state index contributed by atoms with van der Waals surface area (Å²) in [4.78, 5) is 14.6. The summed E-state index contributed by atoms with van der Waals surface area (Å²) in [5.41, 5.74) is 1.40. The van der Waals surface area contributed by atoms with E-state index in [1.165, 1.54) is 18.2 Å². The molecule has 0 spiro atoms. The highest BCUT2D eigenvalue weighted by atomic mass is 35.5. The summed E-state index contributed by atoms with van der Waals surface area (Å²) in [6, 6.07) is 12.1. The Labute approximate surface area is 176 Å². The van der Waals surface area contributed by atoms with E-state index in [0.717, 1.165) is 31.6 Å². The summed E-state index contributed by atoms with van der Waals surface area (Å²) in [7, 11) is 2.13. The molecule has 2 N–H and O–H groups in total. The number of hydrogen-bond acceptors (Lipinski definition) is 3. The number of likely N-dealkylation sites (tertiary alicyclic amines) is 1. The van der Waals surface area contributed by atoms with Crippen molar-refractivity contribution in [2.24, 2.45) is 0 Å². The predicted octanol–water partition coefficient (Wildman–Crippen LogP) is 5.08. The number of benzene rings is 2. The minimum Gasteiger partial charge on any atom is -0.382 e. The number of amides is 1. The van der Waals surface area contributed by atoms with Crippen LogP contribution in [0.15, 0.2) is 42.5 Å². The van der Waals surface area contributed by atoms with Crippen molar-refractivity contribution in [2.45, 2.75) is 18.9 Å². The Kier molecular flexibility index (Phi) is 9.33. The van der Waals surface area contributed by atoms with Gasteiger partial charge in [-0.2, -0.15) is 0 Å². The van der Waals surface area contributed by atoms with Gasteiger partial charge in [-0.05, 0) is 63.3 Å².